The van der Waals surface area contributed by atoms with Crippen molar-refractivity contribution in [3.8, 4) is 44.9 Å². The number of para-hydroxylation sites is 1. The normalized spacial score (nSPS) is 11.4. The van der Waals surface area contributed by atoms with E-state index < -0.39 is 8.07 Å². The summed E-state index contributed by atoms with van der Waals surface area (Å²) in [4.78, 5) is 13.7. The van der Waals surface area contributed by atoms with Gasteiger partial charge >= 0.3 is 0 Å². The second-order valence-electron chi connectivity index (χ2n) is 19.3. The summed E-state index contributed by atoms with van der Waals surface area (Å²) in [5.74, 6) is 0.548. The van der Waals surface area contributed by atoms with Gasteiger partial charge in [-0.05, 0) is 113 Å². The van der Waals surface area contributed by atoms with Crippen LogP contribution < -0.4 is 5.19 Å². The average Bonchev–Trinajstić information content (AvgIpc) is 3.68. The monoisotopic (exact) mass is 1050 g/mol. The van der Waals surface area contributed by atoms with E-state index >= 15 is 0 Å². The van der Waals surface area contributed by atoms with Crippen LogP contribution in [0.5, 0.6) is 0 Å². The van der Waals surface area contributed by atoms with Crippen molar-refractivity contribution in [2.24, 2.45) is 5.41 Å². The molecule has 4 aromatic heterocycles. The van der Waals surface area contributed by atoms with Crippen molar-refractivity contribution in [3.05, 3.63) is 193 Å². The standard InChI is InChI=1S/C29H27NO.C17H23NSi.C13H13N.Ir/c1-19-8-10-21(11-9-19)22-12-13-23-24-6-5-7-25(28(24)31-27(23)17-22)26-16-20(14-15-30-26)18-29(2,3)4;1-13(2)15-11-16(14-9-7-6-8-10-14)18-12-17(15)19(3,4)5;1-2-11-8-9-14-13(10-11)12-6-4-3-5-7-12;/h5-17H,18H2,1-4H3;6-13H,1-5H3;3-10H,2H2,1H3;. The van der Waals surface area contributed by atoms with E-state index in [9.17, 15) is 0 Å². The molecule has 9 aromatic rings. The van der Waals surface area contributed by atoms with E-state index in [1.807, 2.05) is 36.7 Å². The molecule has 4 heterocycles. The number of benzene rings is 5. The maximum absolute atomic E-state index is 6.42. The van der Waals surface area contributed by atoms with Gasteiger partial charge in [0.2, 0.25) is 0 Å². The largest absolute Gasteiger partial charge is 0.455 e. The topological polar surface area (TPSA) is 51.8 Å². The SMILES string of the molecule is CC(C)c1cc(-c2ccccc2)ncc1[Si](C)(C)C.CCc1ccnc(-c2ccccc2)c1.Cc1ccc(-c2ccc3c(c2)oc2c(-c4cc(CC(C)(C)C)ccn4)cccc23)cc1.[Ir]. The Labute approximate surface area is 402 Å². The summed E-state index contributed by atoms with van der Waals surface area (Å²) in [6.45, 7) is 22.8. The van der Waals surface area contributed by atoms with Crippen molar-refractivity contribution < 1.29 is 24.5 Å². The summed E-state index contributed by atoms with van der Waals surface area (Å²) in [6.07, 6.45) is 7.97. The van der Waals surface area contributed by atoms with E-state index in [0.717, 1.165) is 57.4 Å². The van der Waals surface area contributed by atoms with Crippen LogP contribution in [0.15, 0.2) is 175 Å². The molecule has 0 N–H and O–H groups in total. The fourth-order valence-electron chi connectivity index (χ4n) is 8.07. The van der Waals surface area contributed by atoms with Gasteiger partial charge in [0, 0.05) is 66.2 Å². The van der Waals surface area contributed by atoms with Crippen LogP contribution in [0.25, 0.3) is 66.8 Å². The first-order chi connectivity index (χ1) is 30.7. The Morgan fingerprint density at radius 2 is 1.15 bits per heavy atom. The molecule has 0 atom stereocenters. The zero-order valence-corrected chi connectivity index (χ0v) is 43.1. The summed E-state index contributed by atoms with van der Waals surface area (Å²) < 4.78 is 6.42. The van der Waals surface area contributed by atoms with Gasteiger partial charge in [-0.2, -0.15) is 0 Å². The first-order valence-electron chi connectivity index (χ1n) is 22.7. The smallest absolute Gasteiger partial charge is 0.144 e. The van der Waals surface area contributed by atoms with E-state index in [-0.39, 0.29) is 25.5 Å². The van der Waals surface area contributed by atoms with Crippen molar-refractivity contribution in [1.82, 2.24) is 15.0 Å². The van der Waals surface area contributed by atoms with Crippen molar-refractivity contribution in [3.63, 3.8) is 0 Å². The molecule has 0 saturated heterocycles. The number of nitrogens with zero attached hydrogens (tertiary/aromatic N) is 3. The Morgan fingerprint density at radius 3 is 1.75 bits per heavy atom. The van der Waals surface area contributed by atoms with Gasteiger partial charge in [-0.1, -0.05) is 170 Å². The second-order valence-corrected chi connectivity index (χ2v) is 24.4. The van der Waals surface area contributed by atoms with Crippen LogP contribution in [-0.2, 0) is 32.9 Å². The Bertz CT molecular complexity index is 2950. The van der Waals surface area contributed by atoms with Gasteiger partial charge in [-0.25, -0.2) is 0 Å². The summed E-state index contributed by atoms with van der Waals surface area (Å²) in [7, 11) is -1.33. The second kappa shape index (κ2) is 21.5. The predicted octanol–water partition coefficient (Wildman–Crippen LogP) is 15.9. The van der Waals surface area contributed by atoms with Crippen LogP contribution in [0, 0.1) is 12.3 Å². The summed E-state index contributed by atoms with van der Waals surface area (Å²) in [5.41, 5.74) is 16.3. The van der Waals surface area contributed by atoms with Crippen LogP contribution >= 0.6 is 0 Å². The van der Waals surface area contributed by atoms with Gasteiger partial charge < -0.3 is 4.42 Å². The molecule has 5 aromatic carbocycles. The third-order valence-electron chi connectivity index (χ3n) is 11.5. The fourth-order valence-corrected chi connectivity index (χ4v) is 9.75. The molecular weight excluding hydrogens is 987 g/mol. The van der Waals surface area contributed by atoms with E-state index in [2.05, 4.69) is 212 Å². The zero-order chi connectivity index (χ0) is 45.4. The number of rotatable bonds is 8. The van der Waals surface area contributed by atoms with Gasteiger partial charge in [0.25, 0.3) is 0 Å². The van der Waals surface area contributed by atoms with E-state index in [4.69, 9.17) is 9.40 Å². The van der Waals surface area contributed by atoms with Gasteiger partial charge in [-0.15, -0.1) is 0 Å². The minimum Gasteiger partial charge on any atom is -0.455 e. The zero-order valence-electron chi connectivity index (χ0n) is 39.7. The minimum atomic E-state index is -1.33. The number of fused-ring (bicyclic) bond motifs is 3. The minimum absolute atomic E-state index is 0. The van der Waals surface area contributed by atoms with Crippen molar-refractivity contribution >= 4 is 35.2 Å². The number of hydrogen-bond donors (Lipinski definition) is 0. The van der Waals surface area contributed by atoms with Crippen molar-refractivity contribution in [1.29, 1.82) is 0 Å². The van der Waals surface area contributed by atoms with E-state index in [1.165, 1.54) is 49.7 Å². The Kier molecular flexibility index (Phi) is 16.1. The van der Waals surface area contributed by atoms with Gasteiger partial charge in [0.05, 0.1) is 25.2 Å². The maximum Gasteiger partial charge on any atom is 0.144 e. The molecule has 0 fully saturated rings. The Morgan fingerprint density at radius 1 is 0.569 bits per heavy atom. The van der Waals surface area contributed by atoms with Crippen molar-refractivity contribution in [2.75, 3.05) is 0 Å². The predicted molar refractivity (Wildman–Crippen MR) is 276 cm³/mol. The molecule has 65 heavy (non-hydrogen) atoms. The number of pyridine rings is 3. The molecule has 0 saturated carbocycles. The first-order valence-corrected chi connectivity index (χ1v) is 26.2. The molecule has 0 spiro atoms. The average molecular weight is 1050 g/mol. The molecule has 0 aliphatic heterocycles. The Balaban J connectivity index is 0.000000176. The summed E-state index contributed by atoms with van der Waals surface area (Å²) >= 11 is 0. The molecule has 0 unspecified atom stereocenters. The quantitative estimate of drug-likeness (QED) is 0.142. The number of aryl methyl sites for hydroxylation is 2. The molecule has 1 radical (unpaired) electrons. The molecule has 0 aliphatic rings. The summed E-state index contributed by atoms with van der Waals surface area (Å²) in [6, 6.07) is 52.9. The van der Waals surface area contributed by atoms with Crippen LogP contribution in [0.1, 0.15) is 69.7 Å². The van der Waals surface area contributed by atoms with Gasteiger partial charge in [0.1, 0.15) is 11.2 Å². The summed E-state index contributed by atoms with van der Waals surface area (Å²) in [5, 5.41) is 3.76. The third-order valence-corrected chi connectivity index (χ3v) is 13.5. The molecule has 6 heteroatoms. The van der Waals surface area contributed by atoms with E-state index in [1.54, 1.807) is 0 Å². The molecule has 0 aliphatic carbocycles. The molecule has 333 valence electrons. The van der Waals surface area contributed by atoms with Gasteiger partial charge in [0.15, 0.2) is 0 Å². The van der Waals surface area contributed by atoms with Gasteiger partial charge in [-0.3, -0.25) is 15.0 Å². The third kappa shape index (κ3) is 12.5. The van der Waals surface area contributed by atoms with Crippen LogP contribution in [0.3, 0.4) is 0 Å². The molecular formula is C59H63IrN3OSi. The Hall–Kier alpha value is -5.78. The number of aromatic nitrogens is 3. The molecule has 4 nitrogen and oxygen atoms in total. The number of hydrogen-bond acceptors (Lipinski definition) is 4. The van der Waals surface area contributed by atoms with E-state index in [0.29, 0.717) is 5.92 Å². The molecule has 9 rings (SSSR count). The fraction of sp³-hybridized carbons (Fsp3) is 0.237. The van der Waals surface area contributed by atoms with Crippen LogP contribution in [-0.4, -0.2) is 23.0 Å². The van der Waals surface area contributed by atoms with Crippen LogP contribution in [0.2, 0.25) is 19.6 Å². The molecule has 0 amide bonds. The van der Waals surface area contributed by atoms with Crippen LogP contribution in [0.4, 0.5) is 0 Å². The van der Waals surface area contributed by atoms with Crippen molar-refractivity contribution in [2.45, 2.75) is 86.9 Å². The number of furan rings is 1. The maximum atomic E-state index is 6.42. The first kappa shape index (κ1) is 48.7. The molecule has 0 bridgehead atoms.